The number of rotatable bonds is 5. The van der Waals surface area contributed by atoms with Crippen molar-refractivity contribution in [1.82, 2.24) is 0 Å². The van der Waals surface area contributed by atoms with E-state index in [9.17, 15) is 9.59 Å². The summed E-state index contributed by atoms with van der Waals surface area (Å²) in [6, 6.07) is 6.49. The lowest BCUT2D eigenvalue weighted by Crippen LogP contribution is -2.15. The predicted octanol–water partition coefficient (Wildman–Crippen LogP) is 0.380. The molecule has 1 aromatic rings. The minimum Gasteiger partial charge on any atom is -0.482 e. The Bertz CT molecular complexity index is 389. The van der Waals surface area contributed by atoms with E-state index < -0.39 is 5.97 Å². The highest BCUT2D eigenvalue weighted by Gasteiger charge is 2.06. The second-order valence-electron chi connectivity index (χ2n) is 3.02. The molecule has 0 saturated heterocycles. The third kappa shape index (κ3) is 3.36. The largest absolute Gasteiger partial charge is 0.482 e. The Morgan fingerprint density at radius 1 is 1.38 bits per heavy atom. The van der Waals surface area contributed by atoms with Crippen molar-refractivity contribution in [3.8, 4) is 5.75 Å². The number of nitrogens with two attached hydrogens (primary N) is 1. The molecule has 1 aromatic carbocycles. The van der Waals surface area contributed by atoms with Crippen LogP contribution in [0.25, 0.3) is 0 Å². The van der Waals surface area contributed by atoms with E-state index in [2.05, 4.69) is 4.74 Å². The summed E-state index contributed by atoms with van der Waals surface area (Å²) < 4.78 is 9.55. The quantitative estimate of drug-likeness (QED) is 0.576. The first-order valence-electron chi connectivity index (χ1n) is 4.70. The van der Waals surface area contributed by atoms with Gasteiger partial charge < -0.3 is 15.2 Å². The number of methoxy groups -OCH3 is 1. The first-order chi connectivity index (χ1) is 7.67. The molecule has 5 heteroatoms. The standard InChI is InChI=1S/C11H13NO4/c1-15-11(14)7-16-9-4-2-3-8(5-9)10(13)6-12/h2-5H,6-7,12H2,1H3. The number of hydrogen-bond acceptors (Lipinski definition) is 5. The van der Waals surface area contributed by atoms with Crippen molar-refractivity contribution in [3.63, 3.8) is 0 Å². The molecule has 1 rings (SSSR count). The van der Waals surface area contributed by atoms with Gasteiger partial charge in [0.15, 0.2) is 12.4 Å². The SMILES string of the molecule is COC(=O)COc1cccc(C(=O)CN)c1. The van der Waals surface area contributed by atoms with Crippen molar-refractivity contribution >= 4 is 11.8 Å². The van der Waals surface area contributed by atoms with Crippen LogP contribution < -0.4 is 10.5 Å². The molecule has 0 spiro atoms. The zero-order valence-electron chi connectivity index (χ0n) is 8.93. The van der Waals surface area contributed by atoms with Gasteiger partial charge in [0, 0.05) is 5.56 Å². The summed E-state index contributed by atoms with van der Waals surface area (Å²) in [6.45, 7) is -0.239. The molecule has 86 valence electrons. The fourth-order valence-corrected chi connectivity index (χ4v) is 1.08. The van der Waals surface area contributed by atoms with Gasteiger partial charge in [-0.3, -0.25) is 4.79 Å². The number of Topliss-reactive ketones (excluding diaryl/α,β-unsaturated/α-hetero) is 1. The first-order valence-corrected chi connectivity index (χ1v) is 4.70. The van der Waals surface area contributed by atoms with Gasteiger partial charge in [-0.1, -0.05) is 12.1 Å². The minimum atomic E-state index is -0.476. The lowest BCUT2D eigenvalue weighted by molar-refractivity contribution is -0.142. The van der Waals surface area contributed by atoms with Crippen molar-refractivity contribution in [2.45, 2.75) is 0 Å². The van der Waals surface area contributed by atoms with E-state index in [-0.39, 0.29) is 18.9 Å². The van der Waals surface area contributed by atoms with Crippen LogP contribution in [0.15, 0.2) is 24.3 Å². The normalized spacial score (nSPS) is 9.62. The second kappa shape index (κ2) is 5.87. The molecule has 0 fully saturated rings. The molecule has 0 aliphatic heterocycles. The van der Waals surface area contributed by atoms with Gasteiger partial charge in [-0.05, 0) is 12.1 Å². The third-order valence-corrected chi connectivity index (χ3v) is 1.93. The van der Waals surface area contributed by atoms with E-state index in [4.69, 9.17) is 10.5 Å². The number of ketones is 1. The fourth-order valence-electron chi connectivity index (χ4n) is 1.08. The zero-order valence-corrected chi connectivity index (χ0v) is 8.93. The number of esters is 1. The highest BCUT2D eigenvalue weighted by Crippen LogP contribution is 2.13. The summed E-state index contributed by atoms with van der Waals surface area (Å²) >= 11 is 0. The van der Waals surface area contributed by atoms with Gasteiger partial charge in [-0.25, -0.2) is 4.79 Å². The summed E-state index contributed by atoms with van der Waals surface area (Å²) in [5.41, 5.74) is 5.70. The average molecular weight is 223 g/mol. The number of carbonyl (C=O) groups is 2. The summed E-state index contributed by atoms with van der Waals surface area (Å²) in [4.78, 5) is 22.1. The summed E-state index contributed by atoms with van der Waals surface area (Å²) in [5.74, 6) is -0.219. The van der Waals surface area contributed by atoms with Crippen LogP contribution in [0.5, 0.6) is 5.75 Å². The van der Waals surface area contributed by atoms with Crippen LogP contribution in [-0.4, -0.2) is 32.0 Å². The Balaban J connectivity index is 2.67. The van der Waals surface area contributed by atoms with Gasteiger partial charge in [0.05, 0.1) is 13.7 Å². The molecule has 0 saturated carbocycles. The number of carbonyl (C=O) groups excluding carboxylic acids is 2. The van der Waals surface area contributed by atoms with Crippen LogP contribution in [0.1, 0.15) is 10.4 Å². The molecule has 0 aliphatic rings. The van der Waals surface area contributed by atoms with Gasteiger partial charge in [-0.15, -0.1) is 0 Å². The Hall–Kier alpha value is -1.88. The molecule has 0 heterocycles. The molecular weight excluding hydrogens is 210 g/mol. The van der Waals surface area contributed by atoms with E-state index in [1.165, 1.54) is 13.2 Å². The number of hydrogen-bond donors (Lipinski definition) is 1. The lowest BCUT2D eigenvalue weighted by Gasteiger charge is -2.05. The van der Waals surface area contributed by atoms with Crippen molar-refractivity contribution in [3.05, 3.63) is 29.8 Å². The predicted molar refractivity (Wildman–Crippen MR) is 57.3 cm³/mol. The molecule has 0 aliphatic carbocycles. The topological polar surface area (TPSA) is 78.6 Å². The molecule has 16 heavy (non-hydrogen) atoms. The Morgan fingerprint density at radius 2 is 2.12 bits per heavy atom. The Kier molecular flexibility index (Phi) is 4.47. The van der Waals surface area contributed by atoms with Crippen LogP contribution in [0.2, 0.25) is 0 Å². The zero-order chi connectivity index (χ0) is 12.0. The molecule has 5 nitrogen and oxygen atoms in total. The molecule has 0 amide bonds. The Morgan fingerprint density at radius 3 is 2.75 bits per heavy atom. The van der Waals surface area contributed by atoms with Crippen LogP contribution in [0.3, 0.4) is 0 Å². The van der Waals surface area contributed by atoms with E-state index in [1.54, 1.807) is 18.2 Å². The highest BCUT2D eigenvalue weighted by atomic mass is 16.6. The van der Waals surface area contributed by atoms with Crippen molar-refractivity contribution in [2.75, 3.05) is 20.3 Å². The smallest absolute Gasteiger partial charge is 0.343 e. The highest BCUT2D eigenvalue weighted by molar-refractivity contribution is 5.97. The molecule has 0 bridgehead atoms. The van der Waals surface area contributed by atoms with E-state index in [0.29, 0.717) is 11.3 Å². The molecule has 0 unspecified atom stereocenters. The monoisotopic (exact) mass is 223 g/mol. The van der Waals surface area contributed by atoms with Gasteiger partial charge in [0.2, 0.25) is 0 Å². The Labute approximate surface area is 93.1 Å². The molecule has 0 radical (unpaired) electrons. The number of benzene rings is 1. The second-order valence-corrected chi connectivity index (χ2v) is 3.02. The fraction of sp³-hybridized carbons (Fsp3) is 0.273. The van der Waals surface area contributed by atoms with Crippen LogP contribution in [0.4, 0.5) is 0 Å². The van der Waals surface area contributed by atoms with Crippen LogP contribution in [-0.2, 0) is 9.53 Å². The van der Waals surface area contributed by atoms with Crippen molar-refractivity contribution in [1.29, 1.82) is 0 Å². The minimum absolute atomic E-state index is 0.0551. The van der Waals surface area contributed by atoms with E-state index >= 15 is 0 Å². The average Bonchev–Trinajstić information content (AvgIpc) is 2.35. The number of ether oxygens (including phenoxy) is 2. The molecule has 0 aromatic heterocycles. The van der Waals surface area contributed by atoms with Gasteiger partial charge in [0.25, 0.3) is 0 Å². The van der Waals surface area contributed by atoms with Gasteiger partial charge in [-0.2, -0.15) is 0 Å². The summed E-state index contributed by atoms with van der Waals surface area (Å²) in [5, 5.41) is 0. The maximum Gasteiger partial charge on any atom is 0.343 e. The molecule has 0 atom stereocenters. The van der Waals surface area contributed by atoms with Crippen LogP contribution >= 0.6 is 0 Å². The van der Waals surface area contributed by atoms with E-state index in [0.717, 1.165) is 0 Å². The van der Waals surface area contributed by atoms with E-state index in [1.807, 2.05) is 0 Å². The van der Waals surface area contributed by atoms with Crippen LogP contribution in [0, 0.1) is 0 Å². The third-order valence-electron chi connectivity index (χ3n) is 1.93. The summed E-state index contributed by atoms with van der Waals surface area (Å²) in [6.07, 6.45) is 0. The summed E-state index contributed by atoms with van der Waals surface area (Å²) in [7, 11) is 1.28. The molecular formula is C11H13NO4. The molecule has 2 N–H and O–H groups in total. The lowest BCUT2D eigenvalue weighted by atomic mass is 10.1. The van der Waals surface area contributed by atoms with Crippen molar-refractivity contribution in [2.24, 2.45) is 5.73 Å². The van der Waals surface area contributed by atoms with Gasteiger partial charge in [0.1, 0.15) is 5.75 Å². The first kappa shape index (κ1) is 12.2. The maximum absolute atomic E-state index is 11.3. The maximum atomic E-state index is 11.3. The van der Waals surface area contributed by atoms with Gasteiger partial charge >= 0.3 is 5.97 Å². The van der Waals surface area contributed by atoms with Crippen molar-refractivity contribution < 1.29 is 19.1 Å².